The number of quaternary nitrogens is 1. The number of benzene rings is 2. The van der Waals surface area contributed by atoms with Crippen LogP contribution in [-0.2, 0) is 14.8 Å². The Morgan fingerprint density at radius 2 is 1.67 bits per heavy atom. The van der Waals surface area contributed by atoms with Crippen LogP contribution in [0.4, 0.5) is 10.1 Å². The summed E-state index contributed by atoms with van der Waals surface area (Å²) in [5.41, 5.74) is 0.668. The number of piperazine rings is 1. The SMILES string of the molecule is O=C(C[NH+]1CCN(S(=O)(=O)c2ccc(F)cc2)CC1)Nc1ccc(Cl)cc1. The molecule has 0 aliphatic carbocycles. The molecule has 6 nitrogen and oxygen atoms in total. The van der Waals surface area contributed by atoms with E-state index in [1.54, 1.807) is 24.3 Å². The molecule has 1 aliphatic rings. The lowest BCUT2D eigenvalue weighted by atomic mass is 10.3. The van der Waals surface area contributed by atoms with Gasteiger partial charge in [0.1, 0.15) is 5.82 Å². The second kappa shape index (κ2) is 8.35. The van der Waals surface area contributed by atoms with Gasteiger partial charge in [-0.25, -0.2) is 12.8 Å². The first-order valence-electron chi connectivity index (χ1n) is 8.49. The van der Waals surface area contributed by atoms with Gasteiger partial charge in [0.15, 0.2) is 6.54 Å². The van der Waals surface area contributed by atoms with Gasteiger partial charge in [0.25, 0.3) is 5.91 Å². The number of nitrogens with one attached hydrogen (secondary N) is 2. The van der Waals surface area contributed by atoms with Crippen molar-refractivity contribution in [3.05, 3.63) is 59.4 Å². The van der Waals surface area contributed by atoms with Gasteiger partial charge < -0.3 is 10.2 Å². The van der Waals surface area contributed by atoms with Gasteiger partial charge in [0, 0.05) is 10.7 Å². The molecular weight excluding hydrogens is 393 g/mol. The van der Waals surface area contributed by atoms with Gasteiger partial charge >= 0.3 is 0 Å². The summed E-state index contributed by atoms with van der Waals surface area (Å²) in [5.74, 6) is -0.614. The van der Waals surface area contributed by atoms with E-state index in [0.29, 0.717) is 36.9 Å². The summed E-state index contributed by atoms with van der Waals surface area (Å²) in [6, 6.07) is 11.6. The predicted octanol–water partition coefficient (Wildman–Crippen LogP) is 1.01. The minimum absolute atomic E-state index is 0.0767. The Morgan fingerprint density at radius 3 is 2.26 bits per heavy atom. The third kappa shape index (κ3) is 5.04. The van der Waals surface area contributed by atoms with Crippen LogP contribution in [0.15, 0.2) is 53.4 Å². The molecule has 27 heavy (non-hydrogen) atoms. The average molecular weight is 413 g/mol. The molecule has 3 rings (SSSR count). The van der Waals surface area contributed by atoms with Crippen LogP contribution in [0.5, 0.6) is 0 Å². The molecule has 1 heterocycles. The van der Waals surface area contributed by atoms with Gasteiger partial charge in [0.2, 0.25) is 10.0 Å². The Labute approximate surface area is 162 Å². The highest BCUT2D eigenvalue weighted by atomic mass is 35.5. The van der Waals surface area contributed by atoms with E-state index in [-0.39, 0.29) is 17.3 Å². The van der Waals surface area contributed by atoms with Crippen LogP contribution >= 0.6 is 11.6 Å². The fourth-order valence-corrected chi connectivity index (χ4v) is 4.51. The predicted molar refractivity (Wildman–Crippen MR) is 101 cm³/mol. The quantitative estimate of drug-likeness (QED) is 0.770. The monoisotopic (exact) mass is 412 g/mol. The summed E-state index contributed by atoms with van der Waals surface area (Å²) in [6.07, 6.45) is 0. The zero-order chi connectivity index (χ0) is 19.4. The molecule has 0 bridgehead atoms. The number of sulfonamides is 1. The van der Waals surface area contributed by atoms with Gasteiger partial charge in [-0.3, -0.25) is 4.79 Å². The van der Waals surface area contributed by atoms with E-state index in [2.05, 4.69) is 5.32 Å². The number of hydrogen-bond donors (Lipinski definition) is 2. The maximum absolute atomic E-state index is 13.0. The van der Waals surface area contributed by atoms with Gasteiger partial charge in [0.05, 0.1) is 31.1 Å². The van der Waals surface area contributed by atoms with Crippen LogP contribution in [0.25, 0.3) is 0 Å². The van der Waals surface area contributed by atoms with Crippen molar-refractivity contribution in [2.24, 2.45) is 0 Å². The number of hydrogen-bond acceptors (Lipinski definition) is 3. The summed E-state index contributed by atoms with van der Waals surface area (Å²) in [7, 11) is -3.64. The molecule has 2 aromatic carbocycles. The molecule has 0 radical (unpaired) electrons. The number of amides is 1. The molecule has 0 saturated carbocycles. The molecule has 2 aromatic rings. The topological polar surface area (TPSA) is 70.9 Å². The second-order valence-corrected chi connectivity index (χ2v) is 8.71. The van der Waals surface area contributed by atoms with E-state index < -0.39 is 15.8 Å². The van der Waals surface area contributed by atoms with E-state index in [9.17, 15) is 17.6 Å². The van der Waals surface area contributed by atoms with Crippen molar-refractivity contribution < 1.29 is 22.5 Å². The summed E-state index contributed by atoms with van der Waals surface area (Å²) in [5, 5.41) is 3.40. The summed E-state index contributed by atoms with van der Waals surface area (Å²) < 4.78 is 39.6. The lowest BCUT2D eigenvalue weighted by Gasteiger charge is -2.31. The Kier molecular flexibility index (Phi) is 6.11. The Bertz CT molecular complexity index is 896. The molecule has 144 valence electrons. The number of halogens is 2. The van der Waals surface area contributed by atoms with E-state index in [1.165, 1.54) is 16.4 Å². The Morgan fingerprint density at radius 1 is 1.07 bits per heavy atom. The molecule has 1 saturated heterocycles. The fraction of sp³-hybridized carbons (Fsp3) is 0.278. The average Bonchev–Trinajstić information content (AvgIpc) is 2.64. The molecule has 0 aromatic heterocycles. The lowest BCUT2D eigenvalue weighted by Crippen LogP contribution is -3.15. The number of carbonyl (C=O) groups excluding carboxylic acids is 1. The number of rotatable bonds is 5. The van der Waals surface area contributed by atoms with Gasteiger partial charge in [-0.15, -0.1) is 0 Å². The third-order valence-electron chi connectivity index (χ3n) is 4.42. The summed E-state index contributed by atoms with van der Waals surface area (Å²) in [6.45, 7) is 1.92. The molecule has 0 spiro atoms. The highest BCUT2D eigenvalue weighted by Gasteiger charge is 2.31. The maximum atomic E-state index is 13.0. The third-order valence-corrected chi connectivity index (χ3v) is 6.58. The zero-order valence-corrected chi connectivity index (χ0v) is 16.1. The van der Waals surface area contributed by atoms with E-state index in [1.807, 2.05) is 0 Å². The van der Waals surface area contributed by atoms with Crippen molar-refractivity contribution in [2.45, 2.75) is 4.90 Å². The molecule has 0 atom stereocenters. The highest BCUT2D eigenvalue weighted by molar-refractivity contribution is 7.89. The molecule has 2 N–H and O–H groups in total. The molecule has 1 amide bonds. The van der Waals surface area contributed by atoms with Crippen molar-refractivity contribution in [3.8, 4) is 0 Å². The molecule has 1 aliphatic heterocycles. The van der Waals surface area contributed by atoms with E-state index >= 15 is 0 Å². The maximum Gasteiger partial charge on any atom is 0.279 e. The van der Waals surface area contributed by atoms with Crippen LogP contribution < -0.4 is 10.2 Å². The van der Waals surface area contributed by atoms with Crippen LogP contribution in [-0.4, -0.2) is 51.4 Å². The first-order valence-corrected chi connectivity index (χ1v) is 10.3. The standard InChI is InChI=1S/C18H19ClFN3O3S/c19-14-1-5-16(6-2-14)21-18(24)13-22-9-11-23(12-10-22)27(25,26)17-7-3-15(20)4-8-17/h1-8H,9-13H2,(H,21,24)/p+1. The first-order chi connectivity index (χ1) is 12.8. The largest absolute Gasteiger partial charge is 0.325 e. The van der Waals surface area contributed by atoms with E-state index in [4.69, 9.17) is 11.6 Å². The summed E-state index contributed by atoms with van der Waals surface area (Å²) >= 11 is 5.82. The minimum atomic E-state index is -3.64. The summed E-state index contributed by atoms with van der Waals surface area (Å²) in [4.78, 5) is 13.2. The number of carbonyl (C=O) groups is 1. The Balaban J connectivity index is 1.53. The number of anilines is 1. The van der Waals surface area contributed by atoms with E-state index in [0.717, 1.165) is 17.0 Å². The molecule has 9 heteroatoms. The fourth-order valence-electron chi connectivity index (χ4n) is 2.94. The van der Waals surface area contributed by atoms with Gasteiger partial charge in [-0.2, -0.15) is 4.31 Å². The normalized spacial score (nSPS) is 16.2. The van der Waals surface area contributed by atoms with Crippen molar-refractivity contribution in [1.82, 2.24) is 4.31 Å². The van der Waals surface area contributed by atoms with Crippen LogP contribution in [0.3, 0.4) is 0 Å². The second-order valence-electron chi connectivity index (χ2n) is 6.34. The van der Waals surface area contributed by atoms with Crippen LogP contribution in [0.1, 0.15) is 0 Å². The molecule has 1 fully saturated rings. The first kappa shape index (κ1) is 19.8. The van der Waals surface area contributed by atoms with Crippen molar-refractivity contribution in [1.29, 1.82) is 0 Å². The highest BCUT2D eigenvalue weighted by Crippen LogP contribution is 2.16. The minimum Gasteiger partial charge on any atom is -0.325 e. The van der Waals surface area contributed by atoms with Crippen molar-refractivity contribution >= 4 is 33.2 Å². The molecular formula is C18H20ClFN3O3S+. The van der Waals surface area contributed by atoms with Crippen LogP contribution in [0, 0.1) is 5.82 Å². The number of nitrogens with zero attached hydrogens (tertiary/aromatic N) is 1. The smallest absolute Gasteiger partial charge is 0.279 e. The molecule has 0 unspecified atom stereocenters. The van der Waals surface area contributed by atoms with Crippen LogP contribution in [0.2, 0.25) is 5.02 Å². The van der Waals surface area contributed by atoms with Crippen molar-refractivity contribution in [2.75, 3.05) is 38.0 Å². The van der Waals surface area contributed by atoms with Crippen molar-refractivity contribution in [3.63, 3.8) is 0 Å². The van der Waals surface area contributed by atoms with Gasteiger partial charge in [-0.1, -0.05) is 11.6 Å². The van der Waals surface area contributed by atoms with Gasteiger partial charge in [-0.05, 0) is 48.5 Å². The Hall–Kier alpha value is -2.00. The lowest BCUT2D eigenvalue weighted by molar-refractivity contribution is -0.895. The zero-order valence-electron chi connectivity index (χ0n) is 14.5.